The van der Waals surface area contributed by atoms with Gasteiger partial charge in [-0.05, 0) is 32.0 Å². The maximum Gasteiger partial charge on any atom is 0.236 e. The number of nitrogens with zero attached hydrogens (tertiary/aromatic N) is 2. The number of nitrogens with one attached hydrogen (secondary N) is 1. The van der Waals surface area contributed by atoms with Gasteiger partial charge in [0.1, 0.15) is 0 Å². The highest BCUT2D eigenvalue weighted by Crippen LogP contribution is 2.22. The fraction of sp³-hybridized carbons (Fsp3) is 0.643. The summed E-state index contributed by atoms with van der Waals surface area (Å²) in [5, 5.41) is 3.30. The highest BCUT2D eigenvalue weighted by Gasteiger charge is 2.21. The van der Waals surface area contributed by atoms with Crippen LogP contribution in [0.15, 0.2) is 12.1 Å². The molecule has 0 spiro atoms. The van der Waals surface area contributed by atoms with Gasteiger partial charge in [-0.1, -0.05) is 11.6 Å². The third-order valence-electron chi connectivity index (χ3n) is 3.80. The monoisotopic (exact) mass is 315 g/mol. The van der Waals surface area contributed by atoms with Crippen LogP contribution in [-0.4, -0.2) is 55.5 Å². The molecule has 0 bridgehead atoms. The van der Waals surface area contributed by atoms with Crippen LogP contribution in [0.1, 0.15) is 17.7 Å². The molecule has 2 rings (SSSR count). The number of amides is 1. The molecular weight excluding hydrogens is 294 g/mol. The first kappa shape index (κ1) is 15.8. The van der Waals surface area contributed by atoms with Crippen LogP contribution in [-0.2, 0) is 11.3 Å². The van der Waals surface area contributed by atoms with E-state index >= 15 is 0 Å². The van der Waals surface area contributed by atoms with E-state index in [0.29, 0.717) is 19.1 Å². The largest absolute Gasteiger partial charge is 0.340 e. The number of carbonyl (C=O) groups is 1. The van der Waals surface area contributed by atoms with Gasteiger partial charge in [0, 0.05) is 31.1 Å². The van der Waals surface area contributed by atoms with Crippen molar-refractivity contribution in [2.75, 3.05) is 33.7 Å². The topological polar surface area (TPSA) is 35.6 Å². The minimum atomic E-state index is 0.178. The summed E-state index contributed by atoms with van der Waals surface area (Å²) in [5.41, 5.74) is 0. The molecular formula is C14H22ClN3OS. The lowest BCUT2D eigenvalue weighted by molar-refractivity contribution is -0.131. The first-order chi connectivity index (χ1) is 9.58. The number of thiophene rings is 1. The smallest absolute Gasteiger partial charge is 0.236 e. The Balaban J connectivity index is 1.76. The van der Waals surface area contributed by atoms with Crippen molar-refractivity contribution >= 4 is 28.8 Å². The molecule has 2 heterocycles. The molecule has 0 atom stereocenters. The Hall–Kier alpha value is -0.620. The average molecular weight is 316 g/mol. The quantitative estimate of drug-likeness (QED) is 0.903. The summed E-state index contributed by atoms with van der Waals surface area (Å²) < 4.78 is 0.773. The Kier molecular flexibility index (Phi) is 5.84. The Morgan fingerprint density at radius 3 is 2.75 bits per heavy atom. The Morgan fingerprint density at radius 2 is 2.20 bits per heavy atom. The molecule has 1 aliphatic heterocycles. The third kappa shape index (κ3) is 4.45. The summed E-state index contributed by atoms with van der Waals surface area (Å²) in [4.78, 5) is 17.4. The third-order valence-corrected chi connectivity index (χ3v) is 5.02. The van der Waals surface area contributed by atoms with E-state index in [2.05, 4.69) is 10.2 Å². The number of piperidine rings is 1. The van der Waals surface area contributed by atoms with Crippen LogP contribution in [0.5, 0.6) is 0 Å². The van der Waals surface area contributed by atoms with E-state index in [9.17, 15) is 4.79 Å². The van der Waals surface area contributed by atoms with E-state index in [1.165, 1.54) is 11.3 Å². The van der Waals surface area contributed by atoms with Gasteiger partial charge in [0.2, 0.25) is 5.91 Å². The second kappa shape index (κ2) is 7.41. The van der Waals surface area contributed by atoms with E-state index in [-0.39, 0.29) is 5.91 Å². The molecule has 1 amide bonds. The number of carbonyl (C=O) groups excluding carboxylic acids is 1. The Labute approximate surface area is 129 Å². The summed E-state index contributed by atoms with van der Waals surface area (Å²) in [5.74, 6) is 0.178. The highest BCUT2D eigenvalue weighted by atomic mass is 35.5. The van der Waals surface area contributed by atoms with Gasteiger partial charge in [-0.15, -0.1) is 11.3 Å². The number of likely N-dealkylation sites (tertiary alicyclic amines) is 1. The van der Waals surface area contributed by atoms with Crippen molar-refractivity contribution in [1.82, 2.24) is 15.1 Å². The lowest BCUT2D eigenvalue weighted by Gasteiger charge is -2.32. The van der Waals surface area contributed by atoms with Crippen LogP contribution in [0.25, 0.3) is 0 Å². The van der Waals surface area contributed by atoms with Crippen molar-refractivity contribution in [2.45, 2.75) is 25.4 Å². The van der Waals surface area contributed by atoms with Crippen molar-refractivity contribution in [1.29, 1.82) is 0 Å². The van der Waals surface area contributed by atoms with Crippen LogP contribution < -0.4 is 5.32 Å². The predicted octanol–water partition coefficient (Wildman–Crippen LogP) is 2.04. The molecule has 1 fully saturated rings. The highest BCUT2D eigenvalue weighted by molar-refractivity contribution is 7.16. The van der Waals surface area contributed by atoms with Gasteiger partial charge >= 0.3 is 0 Å². The first-order valence-corrected chi connectivity index (χ1v) is 8.15. The fourth-order valence-corrected chi connectivity index (χ4v) is 3.59. The average Bonchev–Trinajstić information content (AvgIpc) is 2.85. The maximum atomic E-state index is 12.2. The molecule has 112 valence electrons. The zero-order valence-corrected chi connectivity index (χ0v) is 13.6. The fourth-order valence-electron chi connectivity index (χ4n) is 2.45. The van der Waals surface area contributed by atoms with Gasteiger partial charge in [0.25, 0.3) is 0 Å². The minimum Gasteiger partial charge on any atom is -0.340 e. The number of hydrogen-bond acceptors (Lipinski definition) is 4. The number of hydrogen-bond donors (Lipinski definition) is 1. The van der Waals surface area contributed by atoms with Crippen molar-refractivity contribution in [2.24, 2.45) is 0 Å². The van der Waals surface area contributed by atoms with Crippen LogP contribution in [0.3, 0.4) is 0 Å². The van der Waals surface area contributed by atoms with Gasteiger partial charge < -0.3 is 10.2 Å². The molecule has 1 N–H and O–H groups in total. The Bertz CT molecular complexity index is 443. The molecule has 0 aliphatic carbocycles. The summed E-state index contributed by atoms with van der Waals surface area (Å²) in [6.45, 7) is 3.15. The molecule has 1 aromatic rings. The summed E-state index contributed by atoms with van der Waals surface area (Å²) in [7, 11) is 3.86. The molecule has 1 aliphatic rings. The SMILES string of the molecule is CNC1CCN(CC(=O)N(C)Cc2ccc(Cl)s2)CC1. The summed E-state index contributed by atoms with van der Waals surface area (Å²) >= 11 is 7.44. The second-order valence-corrected chi connectivity index (χ2v) is 7.09. The van der Waals surface area contributed by atoms with Crippen LogP contribution in [0.2, 0.25) is 4.34 Å². The van der Waals surface area contributed by atoms with Gasteiger partial charge in [-0.25, -0.2) is 0 Å². The molecule has 1 aromatic heterocycles. The molecule has 20 heavy (non-hydrogen) atoms. The first-order valence-electron chi connectivity index (χ1n) is 6.96. The predicted molar refractivity (Wildman–Crippen MR) is 84.3 cm³/mol. The molecule has 1 saturated heterocycles. The van der Waals surface area contributed by atoms with Crippen molar-refractivity contribution in [3.63, 3.8) is 0 Å². The van der Waals surface area contributed by atoms with Gasteiger partial charge in [0.15, 0.2) is 0 Å². The van der Waals surface area contributed by atoms with E-state index in [0.717, 1.165) is 35.1 Å². The van der Waals surface area contributed by atoms with Crippen molar-refractivity contribution < 1.29 is 4.79 Å². The summed E-state index contributed by atoms with van der Waals surface area (Å²) in [6.07, 6.45) is 2.24. The maximum absolute atomic E-state index is 12.2. The van der Waals surface area contributed by atoms with E-state index in [1.54, 1.807) is 4.90 Å². The standard InChI is InChI=1S/C14H22ClN3OS/c1-16-11-5-7-18(8-6-11)10-14(19)17(2)9-12-3-4-13(15)20-12/h3-4,11,16H,5-10H2,1-2H3. The molecule has 4 nitrogen and oxygen atoms in total. The van der Waals surface area contributed by atoms with Gasteiger partial charge in [0.05, 0.1) is 17.4 Å². The Morgan fingerprint density at radius 1 is 1.50 bits per heavy atom. The van der Waals surface area contributed by atoms with E-state index < -0.39 is 0 Å². The normalized spacial score (nSPS) is 17.4. The minimum absolute atomic E-state index is 0.178. The van der Waals surface area contributed by atoms with Crippen molar-refractivity contribution in [3.05, 3.63) is 21.3 Å². The number of likely N-dealkylation sites (N-methyl/N-ethyl adjacent to an activating group) is 1. The lowest BCUT2D eigenvalue weighted by Crippen LogP contribution is -2.45. The van der Waals surface area contributed by atoms with Gasteiger partial charge in [-0.3, -0.25) is 9.69 Å². The molecule has 0 radical (unpaired) electrons. The molecule has 0 saturated carbocycles. The summed E-state index contributed by atoms with van der Waals surface area (Å²) in [6, 6.07) is 4.46. The van der Waals surface area contributed by atoms with E-state index in [1.807, 2.05) is 26.2 Å². The molecule has 0 aromatic carbocycles. The van der Waals surface area contributed by atoms with Gasteiger partial charge in [-0.2, -0.15) is 0 Å². The zero-order valence-electron chi connectivity index (χ0n) is 12.1. The zero-order chi connectivity index (χ0) is 14.5. The second-order valence-electron chi connectivity index (χ2n) is 5.29. The lowest BCUT2D eigenvalue weighted by atomic mass is 10.1. The number of halogens is 1. The van der Waals surface area contributed by atoms with Crippen molar-refractivity contribution in [3.8, 4) is 0 Å². The van der Waals surface area contributed by atoms with E-state index in [4.69, 9.17) is 11.6 Å². The van der Waals surface area contributed by atoms with Crippen LogP contribution >= 0.6 is 22.9 Å². The molecule has 6 heteroatoms. The van der Waals surface area contributed by atoms with Crippen LogP contribution in [0, 0.1) is 0 Å². The number of rotatable bonds is 5. The molecule has 0 unspecified atom stereocenters. The van der Waals surface area contributed by atoms with Crippen LogP contribution in [0.4, 0.5) is 0 Å².